The fourth-order valence-electron chi connectivity index (χ4n) is 4.39. The van der Waals surface area contributed by atoms with Gasteiger partial charge in [0.05, 0.1) is 6.04 Å². The Morgan fingerprint density at radius 2 is 1.90 bits per heavy atom. The topological polar surface area (TPSA) is 23.6 Å². The van der Waals surface area contributed by atoms with Crippen molar-refractivity contribution >= 4 is 5.91 Å². The Labute approximate surface area is 123 Å². The van der Waals surface area contributed by atoms with Crippen LogP contribution in [-0.2, 0) is 4.79 Å². The van der Waals surface area contributed by atoms with E-state index in [-0.39, 0.29) is 5.54 Å². The van der Waals surface area contributed by atoms with Gasteiger partial charge in [-0.3, -0.25) is 9.69 Å². The van der Waals surface area contributed by atoms with Crippen molar-refractivity contribution in [2.75, 3.05) is 19.6 Å². The number of hydrogen-bond acceptors (Lipinski definition) is 2. The number of hydrogen-bond donors (Lipinski definition) is 0. The second kappa shape index (κ2) is 5.88. The maximum atomic E-state index is 13.3. The minimum atomic E-state index is -0.144. The molecule has 0 spiro atoms. The van der Waals surface area contributed by atoms with E-state index in [0.29, 0.717) is 11.9 Å². The summed E-state index contributed by atoms with van der Waals surface area (Å²) < 4.78 is 0. The lowest BCUT2D eigenvalue weighted by Gasteiger charge is -2.41. The summed E-state index contributed by atoms with van der Waals surface area (Å²) in [5.74, 6) is 0.431. The molecule has 0 aromatic rings. The SMILES string of the molecule is CCC[C@H]1C=CCN1C(=O)C1(N2CCCC2)CCCC1. The summed E-state index contributed by atoms with van der Waals surface area (Å²) in [5.41, 5.74) is -0.144. The van der Waals surface area contributed by atoms with Gasteiger partial charge in [-0.25, -0.2) is 0 Å². The third-order valence-electron chi connectivity index (χ3n) is 5.45. The highest BCUT2D eigenvalue weighted by Gasteiger charge is 2.49. The highest BCUT2D eigenvalue weighted by molar-refractivity contribution is 5.87. The van der Waals surface area contributed by atoms with Crippen molar-refractivity contribution in [2.45, 2.75) is 69.9 Å². The van der Waals surface area contributed by atoms with E-state index in [2.05, 4.69) is 28.9 Å². The van der Waals surface area contributed by atoms with Crippen LogP contribution in [0.2, 0.25) is 0 Å². The number of nitrogens with zero attached hydrogens (tertiary/aromatic N) is 2. The van der Waals surface area contributed by atoms with E-state index in [1.807, 2.05) is 0 Å². The summed E-state index contributed by atoms with van der Waals surface area (Å²) in [4.78, 5) is 18.0. The summed E-state index contributed by atoms with van der Waals surface area (Å²) in [6.07, 6.45) is 13.8. The Morgan fingerprint density at radius 1 is 1.20 bits per heavy atom. The maximum absolute atomic E-state index is 13.3. The van der Waals surface area contributed by atoms with Gasteiger partial charge in [0, 0.05) is 6.54 Å². The lowest BCUT2D eigenvalue weighted by molar-refractivity contribution is -0.144. The van der Waals surface area contributed by atoms with Crippen LogP contribution in [0.15, 0.2) is 12.2 Å². The summed E-state index contributed by atoms with van der Waals surface area (Å²) in [6.45, 7) is 5.30. The zero-order valence-corrected chi connectivity index (χ0v) is 12.8. The lowest BCUT2D eigenvalue weighted by atomic mass is 9.92. The number of rotatable bonds is 4. The number of amides is 1. The van der Waals surface area contributed by atoms with Gasteiger partial charge in [-0.15, -0.1) is 0 Å². The highest BCUT2D eigenvalue weighted by atomic mass is 16.2. The van der Waals surface area contributed by atoms with Crippen molar-refractivity contribution in [1.82, 2.24) is 9.80 Å². The van der Waals surface area contributed by atoms with Crippen LogP contribution in [0.25, 0.3) is 0 Å². The normalized spacial score (nSPS) is 29.4. The Hall–Kier alpha value is -0.830. The molecule has 3 aliphatic rings. The average Bonchev–Trinajstić information content (AvgIpc) is 3.20. The third kappa shape index (κ3) is 2.30. The Morgan fingerprint density at radius 3 is 2.55 bits per heavy atom. The van der Waals surface area contributed by atoms with Crippen LogP contribution in [-0.4, -0.2) is 46.9 Å². The van der Waals surface area contributed by atoms with E-state index in [0.717, 1.165) is 45.3 Å². The molecule has 3 nitrogen and oxygen atoms in total. The van der Waals surface area contributed by atoms with E-state index in [1.54, 1.807) is 0 Å². The molecule has 1 saturated heterocycles. The molecule has 0 radical (unpaired) electrons. The zero-order valence-electron chi connectivity index (χ0n) is 12.8. The molecule has 3 rings (SSSR count). The predicted molar refractivity (Wildman–Crippen MR) is 81.6 cm³/mol. The van der Waals surface area contributed by atoms with Gasteiger partial charge in [0.2, 0.25) is 5.91 Å². The van der Waals surface area contributed by atoms with Crippen molar-refractivity contribution in [3.63, 3.8) is 0 Å². The van der Waals surface area contributed by atoms with E-state index >= 15 is 0 Å². The van der Waals surface area contributed by atoms with E-state index in [1.165, 1.54) is 25.7 Å². The van der Waals surface area contributed by atoms with Gasteiger partial charge in [0.15, 0.2) is 0 Å². The molecule has 0 N–H and O–H groups in total. The molecule has 1 amide bonds. The molecule has 0 unspecified atom stereocenters. The Balaban J connectivity index is 1.79. The van der Waals surface area contributed by atoms with Gasteiger partial charge in [0.1, 0.15) is 5.54 Å². The monoisotopic (exact) mass is 276 g/mol. The first-order valence-corrected chi connectivity index (χ1v) is 8.51. The van der Waals surface area contributed by atoms with Crippen LogP contribution in [0.1, 0.15) is 58.3 Å². The quantitative estimate of drug-likeness (QED) is 0.737. The third-order valence-corrected chi connectivity index (χ3v) is 5.45. The fourth-order valence-corrected chi connectivity index (χ4v) is 4.39. The van der Waals surface area contributed by atoms with E-state index in [4.69, 9.17) is 0 Å². The zero-order chi connectivity index (χ0) is 14.0. The Bertz CT molecular complexity index is 378. The van der Waals surface area contributed by atoms with Crippen LogP contribution < -0.4 is 0 Å². The number of carbonyl (C=O) groups excluding carboxylic acids is 1. The molecular formula is C17H28N2O. The van der Waals surface area contributed by atoms with E-state index < -0.39 is 0 Å². The Kier molecular flexibility index (Phi) is 4.16. The summed E-state index contributed by atoms with van der Waals surface area (Å²) >= 11 is 0. The second-order valence-electron chi connectivity index (χ2n) is 6.67. The molecule has 2 fully saturated rings. The smallest absolute Gasteiger partial charge is 0.243 e. The molecule has 1 atom stereocenters. The average molecular weight is 276 g/mol. The highest BCUT2D eigenvalue weighted by Crippen LogP contribution is 2.40. The van der Waals surface area contributed by atoms with Crippen LogP contribution in [0.5, 0.6) is 0 Å². The summed E-state index contributed by atoms with van der Waals surface area (Å²) in [5, 5.41) is 0. The van der Waals surface area contributed by atoms with Gasteiger partial charge in [-0.05, 0) is 45.2 Å². The standard InChI is InChI=1S/C17H28N2O/c1-2-8-15-9-7-14-19(15)16(20)17(10-3-4-11-17)18-12-5-6-13-18/h7,9,15H,2-6,8,10-14H2,1H3/t15-/m0/s1. The summed E-state index contributed by atoms with van der Waals surface area (Å²) in [6, 6.07) is 0.354. The molecule has 112 valence electrons. The maximum Gasteiger partial charge on any atom is 0.243 e. The van der Waals surface area contributed by atoms with Crippen molar-refractivity contribution < 1.29 is 4.79 Å². The van der Waals surface area contributed by atoms with Crippen LogP contribution >= 0.6 is 0 Å². The molecule has 1 saturated carbocycles. The van der Waals surface area contributed by atoms with Crippen LogP contribution in [0.4, 0.5) is 0 Å². The summed E-state index contributed by atoms with van der Waals surface area (Å²) in [7, 11) is 0. The van der Waals surface area contributed by atoms with Gasteiger partial charge in [-0.1, -0.05) is 38.3 Å². The fraction of sp³-hybridized carbons (Fsp3) is 0.824. The largest absolute Gasteiger partial charge is 0.331 e. The second-order valence-corrected chi connectivity index (χ2v) is 6.67. The molecule has 0 bridgehead atoms. The minimum absolute atomic E-state index is 0.144. The molecule has 20 heavy (non-hydrogen) atoms. The van der Waals surface area contributed by atoms with Gasteiger partial charge < -0.3 is 4.90 Å². The van der Waals surface area contributed by atoms with Gasteiger partial charge >= 0.3 is 0 Å². The first-order chi connectivity index (χ1) is 9.78. The molecule has 1 aliphatic carbocycles. The minimum Gasteiger partial charge on any atom is -0.331 e. The first kappa shape index (κ1) is 14.1. The van der Waals surface area contributed by atoms with Crippen molar-refractivity contribution in [2.24, 2.45) is 0 Å². The molecule has 0 aromatic carbocycles. The van der Waals surface area contributed by atoms with Crippen molar-refractivity contribution in [3.8, 4) is 0 Å². The number of carbonyl (C=O) groups is 1. The molecule has 0 aromatic heterocycles. The van der Waals surface area contributed by atoms with Crippen molar-refractivity contribution in [1.29, 1.82) is 0 Å². The first-order valence-electron chi connectivity index (χ1n) is 8.51. The molecule has 2 aliphatic heterocycles. The number of likely N-dealkylation sites (tertiary alicyclic amines) is 1. The molecular weight excluding hydrogens is 248 g/mol. The lowest BCUT2D eigenvalue weighted by Crippen LogP contribution is -2.58. The molecule has 2 heterocycles. The van der Waals surface area contributed by atoms with E-state index in [9.17, 15) is 4.79 Å². The van der Waals surface area contributed by atoms with Gasteiger partial charge in [-0.2, -0.15) is 0 Å². The van der Waals surface area contributed by atoms with Crippen LogP contribution in [0.3, 0.4) is 0 Å². The predicted octanol–water partition coefficient (Wildman–Crippen LogP) is 2.96. The van der Waals surface area contributed by atoms with Crippen LogP contribution in [0, 0.1) is 0 Å². The molecule has 3 heteroatoms. The van der Waals surface area contributed by atoms with Gasteiger partial charge in [0.25, 0.3) is 0 Å². The van der Waals surface area contributed by atoms with Crippen molar-refractivity contribution in [3.05, 3.63) is 12.2 Å².